The number of carbonyl (C=O) groups excluding carboxylic acids is 1. The third-order valence-electron chi connectivity index (χ3n) is 3.70. The fourth-order valence-corrected chi connectivity index (χ4v) is 2.49. The summed E-state index contributed by atoms with van der Waals surface area (Å²) in [5.74, 6) is -1.25. The number of carboxylic acids is 1. The van der Waals surface area contributed by atoms with E-state index in [4.69, 9.17) is 9.84 Å². The topological polar surface area (TPSA) is 66.8 Å². The van der Waals surface area contributed by atoms with Gasteiger partial charge in [0.2, 0.25) is 5.91 Å². The van der Waals surface area contributed by atoms with Gasteiger partial charge in [-0.2, -0.15) is 0 Å². The number of aliphatic carboxylic acids is 1. The Kier molecular flexibility index (Phi) is 5.75. The molecule has 0 radical (unpaired) electrons. The minimum Gasteiger partial charge on any atom is -0.481 e. The first-order chi connectivity index (χ1) is 10.2. The third kappa shape index (κ3) is 4.86. The number of likely N-dealkylation sites (tertiary alicyclic amines) is 1. The number of nitrogens with zero attached hydrogens (tertiary/aromatic N) is 1. The first kappa shape index (κ1) is 15.5. The molecule has 1 aliphatic heterocycles. The van der Waals surface area contributed by atoms with E-state index < -0.39 is 11.9 Å². The summed E-state index contributed by atoms with van der Waals surface area (Å²) in [6.07, 6.45) is 1.72. The molecular weight excluding hydrogens is 270 g/mol. The molecule has 1 aromatic carbocycles. The van der Waals surface area contributed by atoms with Gasteiger partial charge in [0.05, 0.1) is 25.6 Å². The molecule has 0 bridgehead atoms. The Labute approximate surface area is 124 Å². The summed E-state index contributed by atoms with van der Waals surface area (Å²) in [4.78, 5) is 24.7. The minimum atomic E-state index is -0.812. The Morgan fingerprint density at radius 3 is 2.76 bits per heavy atom. The van der Waals surface area contributed by atoms with Crippen molar-refractivity contribution in [2.75, 3.05) is 19.7 Å². The lowest BCUT2D eigenvalue weighted by Crippen LogP contribution is -2.42. The lowest BCUT2D eigenvalue weighted by molar-refractivity contribution is -0.145. The fraction of sp³-hybridized carbons (Fsp3) is 0.500. The number of ether oxygens (including phenoxy) is 1. The second-order valence-electron chi connectivity index (χ2n) is 5.31. The van der Waals surface area contributed by atoms with Gasteiger partial charge in [-0.25, -0.2) is 0 Å². The Hall–Kier alpha value is -1.88. The molecule has 114 valence electrons. The second-order valence-corrected chi connectivity index (χ2v) is 5.31. The Balaban J connectivity index is 1.68. The van der Waals surface area contributed by atoms with Gasteiger partial charge in [0.1, 0.15) is 0 Å². The van der Waals surface area contributed by atoms with Crippen LogP contribution in [-0.4, -0.2) is 41.6 Å². The van der Waals surface area contributed by atoms with Crippen molar-refractivity contribution < 1.29 is 19.4 Å². The number of piperidine rings is 1. The molecular formula is C16H21NO4. The molecule has 0 saturated carbocycles. The van der Waals surface area contributed by atoms with E-state index in [1.165, 1.54) is 0 Å². The fourth-order valence-electron chi connectivity index (χ4n) is 2.49. The van der Waals surface area contributed by atoms with Crippen LogP contribution in [0.25, 0.3) is 0 Å². The quantitative estimate of drug-likeness (QED) is 0.813. The van der Waals surface area contributed by atoms with Crippen LogP contribution >= 0.6 is 0 Å². The molecule has 1 aromatic rings. The van der Waals surface area contributed by atoms with E-state index in [0.29, 0.717) is 39.1 Å². The van der Waals surface area contributed by atoms with Gasteiger partial charge in [0.25, 0.3) is 0 Å². The summed E-state index contributed by atoms with van der Waals surface area (Å²) in [6, 6.07) is 9.79. The van der Waals surface area contributed by atoms with Gasteiger partial charge >= 0.3 is 5.97 Å². The Morgan fingerprint density at radius 2 is 2.05 bits per heavy atom. The smallest absolute Gasteiger partial charge is 0.308 e. The van der Waals surface area contributed by atoms with E-state index >= 15 is 0 Å². The number of rotatable bonds is 6. The first-order valence-corrected chi connectivity index (χ1v) is 7.29. The predicted molar refractivity (Wildman–Crippen MR) is 77.7 cm³/mol. The van der Waals surface area contributed by atoms with E-state index in [0.717, 1.165) is 12.0 Å². The monoisotopic (exact) mass is 291 g/mol. The van der Waals surface area contributed by atoms with Gasteiger partial charge in [-0.1, -0.05) is 30.3 Å². The van der Waals surface area contributed by atoms with E-state index in [9.17, 15) is 9.59 Å². The molecule has 1 heterocycles. The zero-order valence-corrected chi connectivity index (χ0v) is 12.0. The molecule has 21 heavy (non-hydrogen) atoms. The highest BCUT2D eigenvalue weighted by Crippen LogP contribution is 2.17. The predicted octanol–water partition coefficient (Wildman–Crippen LogP) is 1.92. The summed E-state index contributed by atoms with van der Waals surface area (Å²) in [7, 11) is 0. The molecule has 5 nitrogen and oxygen atoms in total. The van der Waals surface area contributed by atoms with Crippen LogP contribution in [0.4, 0.5) is 0 Å². The van der Waals surface area contributed by atoms with Crippen molar-refractivity contribution in [1.82, 2.24) is 4.90 Å². The molecule has 1 aliphatic rings. The SMILES string of the molecule is O=C(O)[C@H]1CCCN(C(=O)CCOCc2ccccc2)C1. The van der Waals surface area contributed by atoms with Crippen molar-refractivity contribution in [2.45, 2.75) is 25.9 Å². The molecule has 5 heteroatoms. The van der Waals surface area contributed by atoms with Gasteiger partial charge in [0, 0.05) is 13.1 Å². The summed E-state index contributed by atoms with van der Waals surface area (Å²) < 4.78 is 5.49. The Bertz CT molecular complexity index is 474. The standard InChI is InChI=1S/C16H21NO4/c18-15(17-9-4-7-14(11-17)16(19)20)8-10-21-12-13-5-2-1-3-6-13/h1-3,5-6,14H,4,7-12H2,(H,19,20)/t14-/m0/s1. The highest BCUT2D eigenvalue weighted by Gasteiger charge is 2.27. The normalized spacial score (nSPS) is 18.5. The molecule has 1 fully saturated rings. The summed E-state index contributed by atoms with van der Waals surface area (Å²) in [5, 5.41) is 9.02. The average molecular weight is 291 g/mol. The van der Waals surface area contributed by atoms with Gasteiger partial charge in [-0.3, -0.25) is 9.59 Å². The van der Waals surface area contributed by atoms with E-state index in [1.54, 1.807) is 4.90 Å². The molecule has 1 N–H and O–H groups in total. The molecule has 0 aromatic heterocycles. The van der Waals surface area contributed by atoms with Crippen molar-refractivity contribution >= 4 is 11.9 Å². The zero-order chi connectivity index (χ0) is 15.1. The summed E-state index contributed by atoms with van der Waals surface area (Å²) in [5.41, 5.74) is 1.08. The number of amides is 1. The third-order valence-corrected chi connectivity index (χ3v) is 3.70. The van der Waals surface area contributed by atoms with Crippen LogP contribution in [0, 0.1) is 5.92 Å². The molecule has 1 amide bonds. The van der Waals surface area contributed by atoms with Crippen molar-refractivity contribution in [3.63, 3.8) is 0 Å². The van der Waals surface area contributed by atoms with Gasteiger partial charge < -0.3 is 14.7 Å². The molecule has 1 saturated heterocycles. The van der Waals surface area contributed by atoms with Gasteiger partial charge in [0.15, 0.2) is 0 Å². The minimum absolute atomic E-state index is 0.0194. The lowest BCUT2D eigenvalue weighted by atomic mass is 9.98. The van der Waals surface area contributed by atoms with Gasteiger partial charge in [-0.05, 0) is 18.4 Å². The van der Waals surface area contributed by atoms with Crippen molar-refractivity contribution in [1.29, 1.82) is 0 Å². The largest absolute Gasteiger partial charge is 0.481 e. The molecule has 1 atom stereocenters. The Morgan fingerprint density at radius 1 is 1.29 bits per heavy atom. The zero-order valence-electron chi connectivity index (χ0n) is 12.0. The lowest BCUT2D eigenvalue weighted by Gasteiger charge is -2.30. The number of hydrogen-bond donors (Lipinski definition) is 1. The van der Waals surface area contributed by atoms with Crippen LogP contribution in [0.5, 0.6) is 0 Å². The van der Waals surface area contributed by atoms with E-state index in [2.05, 4.69) is 0 Å². The second kappa shape index (κ2) is 7.78. The van der Waals surface area contributed by atoms with Crippen molar-refractivity contribution in [2.24, 2.45) is 5.92 Å². The first-order valence-electron chi connectivity index (χ1n) is 7.29. The van der Waals surface area contributed by atoms with Crippen LogP contribution in [0.15, 0.2) is 30.3 Å². The molecule has 0 spiro atoms. The van der Waals surface area contributed by atoms with Gasteiger partial charge in [-0.15, -0.1) is 0 Å². The van der Waals surface area contributed by atoms with Crippen LogP contribution in [-0.2, 0) is 20.9 Å². The van der Waals surface area contributed by atoms with Crippen LogP contribution in [0.1, 0.15) is 24.8 Å². The number of benzene rings is 1. The maximum Gasteiger partial charge on any atom is 0.308 e. The molecule has 2 rings (SSSR count). The number of hydrogen-bond acceptors (Lipinski definition) is 3. The van der Waals surface area contributed by atoms with Crippen LogP contribution in [0.2, 0.25) is 0 Å². The van der Waals surface area contributed by atoms with Crippen molar-refractivity contribution in [3.05, 3.63) is 35.9 Å². The van der Waals surface area contributed by atoms with E-state index in [-0.39, 0.29) is 5.91 Å². The van der Waals surface area contributed by atoms with Crippen LogP contribution in [0.3, 0.4) is 0 Å². The summed E-state index contributed by atoms with van der Waals surface area (Å²) >= 11 is 0. The summed E-state index contributed by atoms with van der Waals surface area (Å²) in [6.45, 7) is 1.84. The number of carbonyl (C=O) groups is 2. The number of carboxylic acid groups (broad SMARTS) is 1. The van der Waals surface area contributed by atoms with Crippen LogP contribution < -0.4 is 0 Å². The maximum atomic E-state index is 12.0. The van der Waals surface area contributed by atoms with Crippen molar-refractivity contribution in [3.8, 4) is 0 Å². The highest BCUT2D eigenvalue weighted by molar-refractivity contribution is 5.78. The molecule has 0 aliphatic carbocycles. The molecule has 0 unspecified atom stereocenters. The maximum absolute atomic E-state index is 12.0. The highest BCUT2D eigenvalue weighted by atomic mass is 16.5. The van der Waals surface area contributed by atoms with E-state index in [1.807, 2.05) is 30.3 Å². The average Bonchev–Trinajstić information content (AvgIpc) is 2.52.